The van der Waals surface area contributed by atoms with Gasteiger partial charge in [-0.3, -0.25) is 0 Å². The lowest BCUT2D eigenvalue weighted by molar-refractivity contribution is 0.465. The molecule has 0 saturated carbocycles. The van der Waals surface area contributed by atoms with E-state index in [1.807, 2.05) is 0 Å². The Balaban J connectivity index is 2.78. The zero-order valence-electron chi connectivity index (χ0n) is 8.07. The van der Waals surface area contributed by atoms with Crippen molar-refractivity contribution in [2.24, 2.45) is 0 Å². The highest BCUT2D eigenvalue weighted by Crippen LogP contribution is 2.35. The molecular formula is C12H11NO2. The van der Waals surface area contributed by atoms with E-state index >= 15 is 0 Å². The normalized spacial score (nSPS) is 10.4. The summed E-state index contributed by atoms with van der Waals surface area (Å²) in [6.45, 7) is 0. The molecule has 3 heteroatoms. The SMILES string of the molecule is N=CCc1cc(O)c2ccccc2c1O. The Hall–Kier alpha value is -2.03. The topological polar surface area (TPSA) is 64.3 Å². The van der Waals surface area contributed by atoms with Crippen LogP contribution in [0.4, 0.5) is 0 Å². The molecule has 0 aliphatic rings. The van der Waals surface area contributed by atoms with Gasteiger partial charge in [0.1, 0.15) is 11.5 Å². The minimum absolute atomic E-state index is 0.139. The van der Waals surface area contributed by atoms with Crippen molar-refractivity contribution >= 4 is 17.0 Å². The maximum atomic E-state index is 9.89. The molecule has 0 heterocycles. The number of fused-ring (bicyclic) bond motifs is 1. The van der Waals surface area contributed by atoms with Gasteiger partial charge in [-0.1, -0.05) is 24.3 Å². The van der Waals surface area contributed by atoms with Gasteiger partial charge in [0.25, 0.3) is 0 Å². The molecule has 0 fully saturated rings. The Bertz CT molecular complexity index is 520. The third-order valence-corrected chi connectivity index (χ3v) is 2.40. The summed E-state index contributed by atoms with van der Waals surface area (Å²) in [6, 6.07) is 8.60. The van der Waals surface area contributed by atoms with E-state index in [0.29, 0.717) is 22.8 Å². The first-order valence-corrected chi connectivity index (χ1v) is 4.65. The summed E-state index contributed by atoms with van der Waals surface area (Å²) in [5, 5.41) is 27.9. The number of hydrogen-bond acceptors (Lipinski definition) is 3. The van der Waals surface area contributed by atoms with E-state index < -0.39 is 0 Å². The number of benzene rings is 2. The molecule has 15 heavy (non-hydrogen) atoms. The smallest absolute Gasteiger partial charge is 0.127 e. The Labute approximate surface area is 87.1 Å². The van der Waals surface area contributed by atoms with E-state index in [4.69, 9.17) is 5.41 Å². The second-order valence-electron chi connectivity index (χ2n) is 3.36. The molecular weight excluding hydrogens is 190 g/mol. The van der Waals surface area contributed by atoms with Crippen LogP contribution in [0.2, 0.25) is 0 Å². The van der Waals surface area contributed by atoms with Crippen molar-refractivity contribution in [1.29, 1.82) is 5.41 Å². The largest absolute Gasteiger partial charge is 0.507 e. The first-order chi connectivity index (χ1) is 7.24. The van der Waals surface area contributed by atoms with E-state index in [-0.39, 0.29) is 11.5 Å². The summed E-state index contributed by atoms with van der Waals surface area (Å²) >= 11 is 0. The highest BCUT2D eigenvalue weighted by molar-refractivity contribution is 5.94. The van der Waals surface area contributed by atoms with Crippen molar-refractivity contribution in [2.75, 3.05) is 0 Å². The van der Waals surface area contributed by atoms with Gasteiger partial charge in [0.15, 0.2) is 0 Å². The lowest BCUT2D eigenvalue weighted by Crippen LogP contribution is -1.88. The highest BCUT2D eigenvalue weighted by atomic mass is 16.3. The zero-order valence-corrected chi connectivity index (χ0v) is 8.07. The van der Waals surface area contributed by atoms with E-state index in [0.717, 1.165) is 0 Å². The second-order valence-corrected chi connectivity index (χ2v) is 3.36. The molecule has 0 aliphatic carbocycles. The molecule has 0 unspecified atom stereocenters. The fraction of sp³-hybridized carbons (Fsp3) is 0.0833. The molecule has 2 rings (SSSR count). The molecule has 0 atom stereocenters. The molecule has 76 valence electrons. The van der Waals surface area contributed by atoms with Gasteiger partial charge in [0.05, 0.1) is 0 Å². The Morgan fingerprint density at radius 2 is 1.80 bits per heavy atom. The average molecular weight is 201 g/mol. The van der Waals surface area contributed by atoms with E-state index in [1.165, 1.54) is 12.3 Å². The maximum Gasteiger partial charge on any atom is 0.127 e. The van der Waals surface area contributed by atoms with Crippen LogP contribution in [0.25, 0.3) is 10.8 Å². The molecule has 3 nitrogen and oxygen atoms in total. The predicted octanol–water partition coefficient (Wildman–Crippen LogP) is 2.44. The van der Waals surface area contributed by atoms with Crippen molar-refractivity contribution in [2.45, 2.75) is 6.42 Å². The Morgan fingerprint density at radius 1 is 1.13 bits per heavy atom. The van der Waals surface area contributed by atoms with Crippen molar-refractivity contribution in [3.63, 3.8) is 0 Å². The fourth-order valence-electron chi connectivity index (χ4n) is 1.66. The predicted molar refractivity (Wildman–Crippen MR) is 59.8 cm³/mol. The number of nitrogens with one attached hydrogen (secondary N) is 1. The van der Waals surface area contributed by atoms with Crippen LogP contribution in [-0.4, -0.2) is 16.4 Å². The van der Waals surface area contributed by atoms with Gasteiger partial charge in [0.2, 0.25) is 0 Å². The van der Waals surface area contributed by atoms with Crippen molar-refractivity contribution in [3.8, 4) is 11.5 Å². The minimum atomic E-state index is 0.139. The summed E-state index contributed by atoms with van der Waals surface area (Å²) in [4.78, 5) is 0. The van der Waals surface area contributed by atoms with Crippen LogP contribution < -0.4 is 0 Å². The van der Waals surface area contributed by atoms with Gasteiger partial charge in [-0.25, -0.2) is 0 Å². The lowest BCUT2D eigenvalue weighted by atomic mass is 10.0. The van der Waals surface area contributed by atoms with Crippen molar-refractivity contribution < 1.29 is 10.2 Å². The second kappa shape index (κ2) is 3.61. The van der Waals surface area contributed by atoms with Gasteiger partial charge in [-0.15, -0.1) is 0 Å². The number of aromatic hydroxyl groups is 2. The Kier molecular flexibility index (Phi) is 2.29. The van der Waals surface area contributed by atoms with Crippen LogP contribution in [0.3, 0.4) is 0 Å². The maximum absolute atomic E-state index is 9.89. The number of rotatable bonds is 2. The molecule has 2 aromatic carbocycles. The third-order valence-electron chi connectivity index (χ3n) is 2.40. The molecule has 3 N–H and O–H groups in total. The van der Waals surface area contributed by atoms with Crippen LogP contribution in [-0.2, 0) is 6.42 Å². The summed E-state index contributed by atoms with van der Waals surface area (Å²) in [7, 11) is 0. The van der Waals surface area contributed by atoms with Crippen LogP contribution in [0, 0.1) is 5.41 Å². The summed E-state index contributed by atoms with van der Waals surface area (Å²) in [6.07, 6.45) is 1.52. The summed E-state index contributed by atoms with van der Waals surface area (Å²) in [5.41, 5.74) is 0.571. The quantitative estimate of drug-likeness (QED) is 0.516. The van der Waals surface area contributed by atoms with Crippen LogP contribution in [0.15, 0.2) is 30.3 Å². The van der Waals surface area contributed by atoms with Gasteiger partial charge in [-0.2, -0.15) is 0 Å². The molecule has 0 radical (unpaired) electrons. The van der Waals surface area contributed by atoms with Crippen LogP contribution >= 0.6 is 0 Å². The monoisotopic (exact) mass is 201 g/mol. The first kappa shape index (κ1) is 9.52. The molecule has 0 aliphatic heterocycles. The van der Waals surface area contributed by atoms with E-state index in [2.05, 4.69) is 0 Å². The molecule has 0 aromatic heterocycles. The average Bonchev–Trinajstić information content (AvgIpc) is 2.26. The van der Waals surface area contributed by atoms with Gasteiger partial charge < -0.3 is 15.6 Å². The molecule has 0 amide bonds. The zero-order chi connectivity index (χ0) is 10.8. The van der Waals surface area contributed by atoms with Crippen molar-refractivity contribution in [3.05, 3.63) is 35.9 Å². The molecule has 0 saturated heterocycles. The van der Waals surface area contributed by atoms with Gasteiger partial charge >= 0.3 is 0 Å². The lowest BCUT2D eigenvalue weighted by Gasteiger charge is -2.07. The number of phenolic OH excluding ortho intramolecular Hbond substituents is 2. The minimum Gasteiger partial charge on any atom is -0.507 e. The third kappa shape index (κ3) is 1.52. The number of phenols is 2. The first-order valence-electron chi connectivity index (χ1n) is 4.65. The number of hydrogen-bond donors (Lipinski definition) is 3. The summed E-state index contributed by atoms with van der Waals surface area (Å²) in [5.74, 6) is 0.284. The standard InChI is InChI=1S/C12H11NO2/c13-6-5-8-7-11(14)9-3-1-2-4-10(9)12(8)15/h1-4,6-7,13-15H,5H2. The van der Waals surface area contributed by atoms with Crippen LogP contribution in [0.1, 0.15) is 5.56 Å². The highest BCUT2D eigenvalue weighted by Gasteiger charge is 2.09. The Morgan fingerprint density at radius 3 is 2.47 bits per heavy atom. The summed E-state index contributed by atoms with van der Waals surface area (Å²) < 4.78 is 0. The molecule has 0 bridgehead atoms. The van der Waals surface area contributed by atoms with Gasteiger partial charge in [0, 0.05) is 22.8 Å². The fourth-order valence-corrected chi connectivity index (χ4v) is 1.66. The van der Waals surface area contributed by atoms with E-state index in [9.17, 15) is 10.2 Å². The van der Waals surface area contributed by atoms with Crippen molar-refractivity contribution in [1.82, 2.24) is 0 Å². The molecule has 2 aromatic rings. The van der Waals surface area contributed by atoms with E-state index in [1.54, 1.807) is 24.3 Å². The molecule has 0 spiro atoms. The van der Waals surface area contributed by atoms with Gasteiger partial charge in [-0.05, 0) is 12.3 Å². The van der Waals surface area contributed by atoms with Crippen LogP contribution in [0.5, 0.6) is 11.5 Å².